The lowest BCUT2D eigenvalue weighted by Crippen LogP contribution is -2.17. The van der Waals surface area contributed by atoms with E-state index in [2.05, 4.69) is 20.8 Å². The number of aromatic nitrogens is 3. The fourth-order valence-corrected chi connectivity index (χ4v) is 2.64. The monoisotopic (exact) mass is 347 g/mol. The van der Waals surface area contributed by atoms with Gasteiger partial charge in [0.2, 0.25) is 0 Å². The minimum Gasteiger partial charge on any atom is -0.355 e. The Morgan fingerprint density at radius 1 is 1.54 bits per heavy atom. The Kier molecular flexibility index (Phi) is 4.52. The lowest BCUT2D eigenvalue weighted by molar-refractivity contribution is 0.0946. The molecule has 7 nitrogen and oxygen atoms in total. The summed E-state index contributed by atoms with van der Waals surface area (Å²) in [7, 11) is 0. The molecule has 0 aliphatic rings. The molecule has 24 heavy (non-hydrogen) atoms. The molecule has 3 rings (SSSR count). The lowest BCUT2D eigenvalue weighted by Gasteiger charge is -1.92. The number of nitrogens with one attached hydrogen (secondary N) is 1. The maximum Gasteiger partial charge on any atom is 0.293 e. The molecular formula is C15H14FN5O2S. The van der Waals surface area contributed by atoms with E-state index in [1.54, 1.807) is 10.7 Å². The standard InChI is InChI=1S/C15H14FN5O2S/c1-3-21-8-11(9(2)19-21)13-6-12(20-23-13)15(22)18-17-7-10-4-5-14(16)24-10/h4-8H,3H2,1-2H3,(H,18,22)/b17-7-. The molecule has 3 aromatic rings. The molecule has 0 aromatic carbocycles. The van der Waals surface area contributed by atoms with Crippen molar-refractivity contribution in [1.82, 2.24) is 20.4 Å². The second-order valence-electron chi connectivity index (χ2n) is 4.90. The number of carbonyl (C=O) groups excluding carboxylic acids is 1. The number of thiophene rings is 1. The van der Waals surface area contributed by atoms with Crippen molar-refractivity contribution in [3.05, 3.63) is 45.8 Å². The Bertz CT molecular complexity index is 895. The molecule has 0 atom stereocenters. The molecule has 3 aromatic heterocycles. The molecule has 0 fully saturated rings. The van der Waals surface area contributed by atoms with E-state index in [1.165, 1.54) is 18.3 Å². The van der Waals surface area contributed by atoms with Crippen LogP contribution >= 0.6 is 11.3 Å². The van der Waals surface area contributed by atoms with Crippen molar-refractivity contribution in [3.63, 3.8) is 0 Å². The van der Waals surface area contributed by atoms with Gasteiger partial charge in [0.25, 0.3) is 5.91 Å². The summed E-state index contributed by atoms with van der Waals surface area (Å²) < 4.78 is 19.8. The molecule has 9 heteroatoms. The van der Waals surface area contributed by atoms with Crippen LogP contribution in [0.4, 0.5) is 4.39 Å². The van der Waals surface area contributed by atoms with Gasteiger partial charge in [0.1, 0.15) is 0 Å². The first-order valence-electron chi connectivity index (χ1n) is 7.16. The number of hydrazone groups is 1. The zero-order chi connectivity index (χ0) is 17.1. The Morgan fingerprint density at radius 3 is 3.04 bits per heavy atom. The molecular weight excluding hydrogens is 333 g/mol. The van der Waals surface area contributed by atoms with E-state index in [4.69, 9.17) is 4.52 Å². The first-order chi connectivity index (χ1) is 11.6. The van der Waals surface area contributed by atoms with Gasteiger partial charge in [0.15, 0.2) is 16.6 Å². The normalized spacial score (nSPS) is 11.3. The predicted octanol–water partition coefficient (Wildman–Crippen LogP) is 2.83. The van der Waals surface area contributed by atoms with Crippen molar-refractivity contribution in [3.8, 4) is 11.3 Å². The van der Waals surface area contributed by atoms with Crippen LogP contribution in [-0.2, 0) is 6.54 Å². The van der Waals surface area contributed by atoms with Crippen LogP contribution in [-0.4, -0.2) is 27.1 Å². The molecule has 0 spiro atoms. The Labute approximate surface area is 140 Å². The largest absolute Gasteiger partial charge is 0.355 e. The van der Waals surface area contributed by atoms with Crippen molar-refractivity contribution >= 4 is 23.5 Å². The molecule has 0 radical (unpaired) electrons. The highest BCUT2D eigenvalue weighted by Crippen LogP contribution is 2.23. The molecule has 0 saturated heterocycles. The van der Waals surface area contributed by atoms with Gasteiger partial charge in [-0.05, 0) is 26.0 Å². The Hall–Kier alpha value is -2.81. The van der Waals surface area contributed by atoms with Crippen LogP contribution in [0.2, 0.25) is 0 Å². The molecule has 1 amide bonds. The van der Waals surface area contributed by atoms with Crippen molar-refractivity contribution < 1.29 is 13.7 Å². The summed E-state index contributed by atoms with van der Waals surface area (Å²) in [6, 6.07) is 4.42. The molecule has 0 aliphatic heterocycles. The minimum absolute atomic E-state index is 0.100. The summed E-state index contributed by atoms with van der Waals surface area (Å²) in [5.41, 5.74) is 3.99. The summed E-state index contributed by atoms with van der Waals surface area (Å²) in [5.74, 6) is -0.0551. The van der Waals surface area contributed by atoms with Crippen molar-refractivity contribution in [1.29, 1.82) is 0 Å². The molecule has 0 bridgehead atoms. The van der Waals surface area contributed by atoms with Gasteiger partial charge in [-0.25, -0.2) is 5.43 Å². The van der Waals surface area contributed by atoms with Crippen LogP contribution in [0.1, 0.15) is 28.0 Å². The summed E-state index contributed by atoms with van der Waals surface area (Å²) >= 11 is 0.932. The molecule has 0 unspecified atom stereocenters. The van der Waals surface area contributed by atoms with Gasteiger partial charge in [-0.15, -0.1) is 11.3 Å². The van der Waals surface area contributed by atoms with Crippen LogP contribution in [0.5, 0.6) is 0 Å². The van der Waals surface area contributed by atoms with E-state index in [9.17, 15) is 9.18 Å². The number of aryl methyl sites for hydroxylation is 2. The summed E-state index contributed by atoms with van der Waals surface area (Å²) in [6.07, 6.45) is 3.20. The van der Waals surface area contributed by atoms with E-state index >= 15 is 0 Å². The van der Waals surface area contributed by atoms with Crippen LogP contribution in [0.25, 0.3) is 11.3 Å². The zero-order valence-corrected chi connectivity index (χ0v) is 13.8. The van der Waals surface area contributed by atoms with E-state index in [0.29, 0.717) is 10.6 Å². The quantitative estimate of drug-likeness (QED) is 0.568. The molecule has 0 aliphatic carbocycles. The summed E-state index contributed by atoms with van der Waals surface area (Å²) in [4.78, 5) is 12.6. The van der Waals surface area contributed by atoms with Gasteiger partial charge < -0.3 is 4.52 Å². The molecule has 1 N–H and O–H groups in total. The van der Waals surface area contributed by atoms with Gasteiger partial charge in [-0.2, -0.15) is 14.6 Å². The maximum atomic E-state index is 12.8. The second-order valence-corrected chi connectivity index (χ2v) is 5.97. The van der Waals surface area contributed by atoms with Crippen LogP contribution in [0, 0.1) is 12.1 Å². The topological polar surface area (TPSA) is 85.3 Å². The van der Waals surface area contributed by atoms with E-state index < -0.39 is 5.91 Å². The van der Waals surface area contributed by atoms with E-state index in [1.807, 2.05) is 20.0 Å². The first-order valence-corrected chi connectivity index (χ1v) is 7.98. The van der Waals surface area contributed by atoms with Gasteiger partial charge in [0, 0.05) is 18.8 Å². The molecule has 3 heterocycles. The van der Waals surface area contributed by atoms with E-state index in [-0.39, 0.29) is 10.8 Å². The number of hydrogen-bond acceptors (Lipinski definition) is 6. The zero-order valence-electron chi connectivity index (χ0n) is 13.0. The predicted molar refractivity (Wildman–Crippen MR) is 87.5 cm³/mol. The summed E-state index contributed by atoms with van der Waals surface area (Å²) in [6.45, 7) is 4.57. The number of carbonyl (C=O) groups is 1. The van der Waals surface area contributed by atoms with Crippen LogP contribution < -0.4 is 5.43 Å². The van der Waals surface area contributed by atoms with Gasteiger partial charge in [-0.1, -0.05) is 5.16 Å². The second kappa shape index (κ2) is 6.75. The average Bonchev–Trinajstić information content (AvgIpc) is 3.27. The SMILES string of the molecule is CCn1cc(-c2cc(C(=O)N/N=C\c3ccc(F)s3)no2)c(C)n1. The van der Waals surface area contributed by atoms with Gasteiger partial charge in [0.05, 0.1) is 22.3 Å². The van der Waals surface area contributed by atoms with E-state index in [0.717, 1.165) is 29.1 Å². The number of amides is 1. The highest BCUT2D eigenvalue weighted by Gasteiger charge is 2.16. The molecule has 124 valence electrons. The van der Waals surface area contributed by atoms with Gasteiger partial charge >= 0.3 is 0 Å². The highest BCUT2D eigenvalue weighted by atomic mass is 32.1. The fraction of sp³-hybridized carbons (Fsp3) is 0.200. The third-order valence-corrected chi connectivity index (χ3v) is 4.04. The van der Waals surface area contributed by atoms with Crippen LogP contribution in [0.15, 0.2) is 34.0 Å². The van der Waals surface area contributed by atoms with Crippen molar-refractivity contribution in [2.75, 3.05) is 0 Å². The fourth-order valence-electron chi connectivity index (χ4n) is 2.04. The van der Waals surface area contributed by atoms with Crippen LogP contribution in [0.3, 0.4) is 0 Å². The third kappa shape index (κ3) is 3.40. The maximum absolute atomic E-state index is 12.8. The van der Waals surface area contributed by atoms with Crippen molar-refractivity contribution in [2.45, 2.75) is 20.4 Å². The van der Waals surface area contributed by atoms with Gasteiger partial charge in [-0.3, -0.25) is 9.48 Å². The third-order valence-electron chi connectivity index (χ3n) is 3.23. The Balaban J connectivity index is 1.69. The summed E-state index contributed by atoms with van der Waals surface area (Å²) in [5, 5.41) is 11.5. The first kappa shape index (κ1) is 16.1. The number of nitrogens with zero attached hydrogens (tertiary/aromatic N) is 4. The number of halogens is 1. The lowest BCUT2D eigenvalue weighted by atomic mass is 10.2. The number of rotatable bonds is 5. The average molecular weight is 347 g/mol. The minimum atomic E-state index is -0.515. The Morgan fingerprint density at radius 2 is 2.38 bits per heavy atom. The molecule has 0 saturated carbocycles. The highest BCUT2D eigenvalue weighted by molar-refractivity contribution is 7.12. The van der Waals surface area contributed by atoms with Crippen molar-refractivity contribution in [2.24, 2.45) is 5.10 Å². The smallest absolute Gasteiger partial charge is 0.293 e. The number of hydrogen-bond donors (Lipinski definition) is 1.